The van der Waals surface area contributed by atoms with E-state index in [1.807, 2.05) is 37.0 Å². The molecule has 8 rings (SSSR count). The Morgan fingerprint density at radius 3 is 2.35 bits per heavy atom. The number of nitrogens with zero attached hydrogens (tertiary/aromatic N) is 9. The number of hydrogen-bond donors (Lipinski definition) is 9. The van der Waals surface area contributed by atoms with Crippen molar-refractivity contribution in [2.75, 3.05) is 90.7 Å². The molecule has 41 heteroatoms. The van der Waals surface area contributed by atoms with Crippen LogP contribution in [0.15, 0.2) is 146 Å². The summed E-state index contributed by atoms with van der Waals surface area (Å²) in [6.45, 7) is 7.94. The van der Waals surface area contributed by atoms with E-state index in [4.69, 9.17) is 38.5 Å². The van der Waals surface area contributed by atoms with Gasteiger partial charge >= 0.3 is 28.9 Å². The maximum absolute atomic E-state index is 13.2. The zero-order valence-electron chi connectivity index (χ0n) is 59.3. The zero-order chi connectivity index (χ0) is 78.5. The van der Waals surface area contributed by atoms with Gasteiger partial charge in [0.15, 0.2) is 18.5 Å². The number of rotatable bonds is 40. The molecule has 9 N–H and O–H groups in total. The van der Waals surface area contributed by atoms with Gasteiger partial charge in [-0.05, 0) is 110 Å². The number of phosphoric acid groups is 2. The minimum Gasteiger partial charge on any atom is -0.508 e. The van der Waals surface area contributed by atoms with Crippen LogP contribution in [0.4, 0.5) is 11.4 Å². The Bertz CT molecular complexity index is 4760. The average molecular weight is 1580 g/mol. The molecular weight excluding hydrogens is 1500 g/mol. The summed E-state index contributed by atoms with van der Waals surface area (Å²) in [5, 5.41) is 24.6. The molecule has 4 heterocycles. The van der Waals surface area contributed by atoms with Crippen molar-refractivity contribution >= 4 is 68.2 Å². The molecular formula is C67H83N13O24P3S+. The van der Waals surface area contributed by atoms with E-state index in [-0.39, 0.29) is 91.1 Å². The molecule has 1 saturated heterocycles. The number of phenols is 1. The monoisotopic (exact) mass is 1580 g/mol. The fourth-order valence-electron chi connectivity index (χ4n) is 11.9. The van der Waals surface area contributed by atoms with Gasteiger partial charge in [0.05, 0.1) is 49.4 Å². The predicted molar refractivity (Wildman–Crippen MR) is 389 cm³/mol. The number of amides is 3. The first kappa shape index (κ1) is 84.3. The largest absolute Gasteiger partial charge is 0.508 e. The zero-order valence-corrected chi connectivity index (χ0v) is 62.8. The van der Waals surface area contributed by atoms with Gasteiger partial charge in [-0.2, -0.15) is 17.3 Å². The van der Waals surface area contributed by atoms with Crippen LogP contribution in [0, 0.1) is 11.8 Å². The fraction of sp³-hybridized carbons (Fsp3) is 0.433. The minimum absolute atomic E-state index is 0.109. The fourth-order valence-corrected chi connectivity index (χ4v) is 15.9. The number of allylic oxidation sites excluding steroid dienone is 4. The van der Waals surface area contributed by atoms with Crippen molar-refractivity contribution in [2.24, 2.45) is 10.2 Å². The minimum atomic E-state index is -5.62. The summed E-state index contributed by atoms with van der Waals surface area (Å²) in [6.07, 6.45) is 4.84. The lowest BCUT2D eigenvalue weighted by Crippen LogP contribution is -2.34. The van der Waals surface area contributed by atoms with Gasteiger partial charge < -0.3 is 69.1 Å². The number of benzene rings is 4. The molecule has 4 aromatic carbocycles. The molecule has 108 heavy (non-hydrogen) atoms. The van der Waals surface area contributed by atoms with Crippen LogP contribution in [0.3, 0.4) is 0 Å². The van der Waals surface area contributed by atoms with Crippen LogP contribution in [-0.2, 0) is 76.3 Å². The van der Waals surface area contributed by atoms with Crippen molar-refractivity contribution in [1.82, 2.24) is 25.5 Å². The average Bonchev–Trinajstić information content (AvgIpc) is 1.58. The number of para-hydroxylation sites is 1. The number of unbranched alkanes of at least 4 members (excludes halogenated alkanes) is 2. The number of fused-ring (bicyclic) bond motifs is 2. The van der Waals surface area contributed by atoms with Crippen molar-refractivity contribution in [3.8, 4) is 29.1 Å². The van der Waals surface area contributed by atoms with Crippen LogP contribution >= 0.6 is 23.2 Å². The van der Waals surface area contributed by atoms with Gasteiger partial charge in [-0.25, -0.2) is 18.2 Å². The number of phenolic OH excluding ortho intramolecular Hbond substituents is 1. The number of aromatic nitrogens is 2. The lowest BCUT2D eigenvalue weighted by Gasteiger charge is -2.27. The number of phosphoric ester groups is 1. The third kappa shape index (κ3) is 24.4. The number of ether oxygens (including phenoxy) is 6. The molecule has 37 nitrogen and oxygen atoms in total. The highest BCUT2D eigenvalue weighted by Crippen LogP contribution is 2.66. The molecule has 580 valence electrons. The summed E-state index contributed by atoms with van der Waals surface area (Å²) in [5.41, 5.74) is 20.7. The molecule has 0 radical (unpaired) electrons. The molecule has 0 bridgehead atoms. The van der Waals surface area contributed by atoms with Crippen LogP contribution in [0.25, 0.3) is 20.9 Å². The van der Waals surface area contributed by atoms with Gasteiger partial charge in [0.25, 0.3) is 21.6 Å². The molecule has 3 amide bonds. The van der Waals surface area contributed by atoms with E-state index in [0.29, 0.717) is 57.8 Å². The lowest BCUT2D eigenvalue weighted by atomic mass is 9.81. The summed E-state index contributed by atoms with van der Waals surface area (Å²) >= 11 is 0. The van der Waals surface area contributed by atoms with E-state index >= 15 is 0 Å². The quantitative estimate of drug-likeness (QED) is 0.00263. The van der Waals surface area contributed by atoms with Gasteiger partial charge in [-0.1, -0.05) is 72.7 Å². The van der Waals surface area contributed by atoms with E-state index in [9.17, 15) is 76.0 Å². The van der Waals surface area contributed by atoms with Crippen LogP contribution in [-0.4, -0.2) is 175 Å². The first-order valence-corrected chi connectivity index (χ1v) is 40.0. The van der Waals surface area contributed by atoms with E-state index in [0.717, 1.165) is 39.1 Å². The van der Waals surface area contributed by atoms with Gasteiger partial charge in [0, 0.05) is 102 Å². The molecule has 1 fully saturated rings. The number of anilines is 1. The molecule has 7 atom stereocenters. The molecule has 0 aliphatic carbocycles. The van der Waals surface area contributed by atoms with Crippen LogP contribution in [0.5, 0.6) is 17.2 Å². The number of carbonyl (C=O) groups is 3. The standard InChI is InChI=1S/C67H82N13O24P3S/c1-66(2)51-18-8-9-19-53(51)79(33-14-34-97-48-25-23-47(81)24-26-48)57(66)20-12-21-58-67(3,4)52-38-50(108(93,94)95)27-28-54(52)78(58)32-10-6-7-22-59(82)71-30-31-72-63(84)45-15-11-17-49(37-45)99-43-61(75-77-69)98-36-35-96-42-60(83)70-29-13-16-46-40-80(65(86)74-64(46)85)62-39-55(100-44-73-76-68)56(102-62)41-101-106(89,90)104-107(91,92)103-105(5,87)88/h8-9,11-12,15,17-21,23-28,37-38,40,55-56,61-62H,6-7,10,14,22,29-36,39,41-44H2,1-5H3,(H8-,70,71,72,74,81,82,83,84,85,86,87,88,89,90,91,92,93,94,95)/p+1. The van der Waals surface area contributed by atoms with Crippen molar-refractivity contribution in [3.63, 3.8) is 0 Å². The summed E-state index contributed by atoms with van der Waals surface area (Å²) in [6, 6.07) is 25.7. The number of aromatic hydroxyl groups is 1. The SMILES string of the molecule is CC1(C)C(/C=C/C=C2/N(CCCCCC(=O)NCCNC(=O)c3cccc(OCC(N=[N+]=[N-])OCCOCC(=O)NCC#Cc4cn(C5CC(OCN=[N+]=[N-])C(COP(=O)(O)OP(=O)(O)OP(C)(=O)O)O5)c(=O)[nH]c4=O)c3)c3ccc(S(=O)(=O)O)cc3C2(C)C)=[N+](CCCOc2ccc(O)cc2)c2ccccc21. The molecule has 5 aromatic rings. The highest BCUT2D eigenvalue weighted by molar-refractivity contribution is 7.85. The van der Waals surface area contributed by atoms with E-state index < -0.39 is 106 Å². The predicted octanol–water partition coefficient (Wildman–Crippen LogP) is 7.90. The van der Waals surface area contributed by atoms with Crippen molar-refractivity contribution in [3.05, 3.63) is 185 Å². The van der Waals surface area contributed by atoms with Gasteiger partial charge in [-0.3, -0.25) is 42.4 Å². The summed E-state index contributed by atoms with van der Waals surface area (Å²) in [4.78, 5) is 102. The number of nitrogens with one attached hydrogen (secondary N) is 4. The number of hydrogen-bond acceptors (Lipinski definition) is 23. The first-order valence-electron chi connectivity index (χ1n) is 33.6. The smallest absolute Gasteiger partial charge is 0.488 e. The number of H-pyrrole nitrogens is 1. The normalized spacial score (nSPS) is 18.6. The van der Waals surface area contributed by atoms with Crippen molar-refractivity contribution in [1.29, 1.82) is 0 Å². The Morgan fingerprint density at radius 1 is 0.852 bits per heavy atom. The number of azide groups is 2. The van der Waals surface area contributed by atoms with Gasteiger partial charge in [0.1, 0.15) is 55.1 Å². The third-order valence-electron chi connectivity index (χ3n) is 16.9. The third-order valence-corrected chi connectivity index (χ3v) is 21.9. The second-order valence-electron chi connectivity index (χ2n) is 25.5. The molecule has 3 aliphatic rings. The van der Waals surface area contributed by atoms with Gasteiger partial charge in [-0.15, -0.1) is 0 Å². The van der Waals surface area contributed by atoms with Crippen molar-refractivity contribution < 1.29 is 107 Å². The molecule has 3 aliphatic heterocycles. The molecule has 1 aromatic heterocycles. The Kier molecular flexibility index (Phi) is 29.8. The Balaban J connectivity index is 0.737. The van der Waals surface area contributed by atoms with E-state index in [1.165, 1.54) is 23.8 Å². The maximum atomic E-state index is 13.2. The summed E-state index contributed by atoms with van der Waals surface area (Å²) < 4.78 is 120. The van der Waals surface area contributed by atoms with Crippen LogP contribution in [0.1, 0.15) is 99.5 Å². The maximum Gasteiger partial charge on any atom is 0.488 e. The van der Waals surface area contributed by atoms with E-state index in [1.54, 1.807) is 48.5 Å². The number of aromatic amines is 1. The van der Waals surface area contributed by atoms with Gasteiger partial charge in [0.2, 0.25) is 17.5 Å². The second kappa shape index (κ2) is 38.2. The first-order chi connectivity index (χ1) is 51.2. The highest BCUT2D eigenvalue weighted by atomic mass is 32.2. The van der Waals surface area contributed by atoms with E-state index in [2.05, 4.69) is 104 Å². The Morgan fingerprint density at radius 2 is 1.61 bits per heavy atom. The topological polar surface area (TPSA) is 516 Å². The number of carbonyl (C=O) groups excluding carboxylic acids is 3. The Hall–Kier alpha value is -9.30. The van der Waals surface area contributed by atoms with Crippen LogP contribution in [0.2, 0.25) is 0 Å². The Labute approximate surface area is 619 Å². The molecule has 0 saturated carbocycles. The second-order valence-corrected chi connectivity index (χ2v) is 31.9. The van der Waals surface area contributed by atoms with Crippen molar-refractivity contribution in [2.45, 2.75) is 107 Å². The lowest BCUT2D eigenvalue weighted by molar-refractivity contribution is -0.438. The molecule has 0 spiro atoms. The molecule has 7 unspecified atom stereocenters. The highest BCUT2D eigenvalue weighted by Gasteiger charge is 2.46. The summed E-state index contributed by atoms with van der Waals surface area (Å²) in [5.74, 6) is 4.81. The van der Waals surface area contributed by atoms with Crippen LogP contribution < -0.4 is 41.6 Å². The summed E-state index contributed by atoms with van der Waals surface area (Å²) in [7, 11) is -20.3.